The van der Waals surface area contributed by atoms with E-state index in [1.54, 1.807) is 11.0 Å². The first kappa shape index (κ1) is 20.2. The second-order valence-electron chi connectivity index (χ2n) is 6.11. The number of carbonyl (C=O) groups is 2. The normalized spacial score (nSPS) is 18.5. The zero-order chi connectivity index (χ0) is 19.2. The van der Waals surface area contributed by atoms with Crippen molar-refractivity contribution in [2.45, 2.75) is 31.6 Å². The van der Waals surface area contributed by atoms with E-state index in [1.165, 1.54) is 6.07 Å². The predicted octanol–water partition coefficient (Wildman–Crippen LogP) is 0.894. The number of carbonyl (C=O) groups excluding carboxylic acids is 2. The van der Waals surface area contributed by atoms with Crippen molar-refractivity contribution in [3.63, 3.8) is 0 Å². The number of halogens is 3. The molecule has 1 aliphatic rings. The molecule has 1 heterocycles. The first-order valence-electron chi connectivity index (χ1n) is 8.36. The summed E-state index contributed by atoms with van der Waals surface area (Å²) in [6, 6.07) is 4.22. The molecule has 1 unspecified atom stereocenters. The van der Waals surface area contributed by atoms with Crippen molar-refractivity contribution in [3.8, 4) is 0 Å². The Bertz CT molecular complexity index is 637. The van der Waals surface area contributed by atoms with Gasteiger partial charge in [-0.25, -0.2) is 0 Å². The van der Waals surface area contributed by atoms with Crippen molar-refractivity contribution in [2.75, 3.05) is 26.2 Å². The number of hydrogen-bond acceptors (Lipinski definition) is 4. The van der Waals surface area contributed by atoms with E-state index in [9.17, 15) is 22.8 Å². The smallest absolute Gasteiger partial charge is 0.396 e. The lowest BCUT2D eigenvalue weighted by atomic mass is 10.0. The third kappa shape index (κ3) is 5.70. The Kier molecular flexibility index (Phi) is 6.98. The van der Waals surface area contributed by atoms with E-state index in [2.05, 4.69) is 10.6 Å². The highest BCUT2D eigenvalue weighted by Crippen LogP contribution is 2.30. The minimum absolute atomic E-state index is 0.0497. The summed E-state index contributed by atoms with van der Waals surface area (Å²) in [5.41, 5.74) is -0.310. The number of benzene rings is 1. The van der Waals surface area contributed by atoms with Gasteiger partial charge in [-0.05, 0) is 18.1 Å². The first-order valence-corrected chi connectivity index (χ1v) is 8.36. The zero-order valence-corrected chi connectivity index (χ0v) is 14.2. The molecule has 1 fully saturated rings. The summed E-state index contributed by atoms with van der Waals surface area (Å²) in [7, 11) is 0. The minimum atomic E-state index is -4.43. The van der Waals surface area contributed by atoms with Gasteiger partial charge in [0.15, 0.2) is 0 Å². The summed E-state index contributed by atoms with van der Waals surface area (Å²) in [4.78, 5) is 25.8. The fraction of sp³-hybridized carbons (Fsp3) is 0.529. The van der Waals surface area contributed by atoms with Crippen LogP contribution in [0.5, 0.6) is 0 Å². The van der Waals surface area contributed by atoms with Crippen LogP contribution in [-0.4, -0.2) is 54.1 Å². The number of hydrogen-bond donors (Lipinski definition) is 3. The van der Waals surface area contributed by atoms with Crippen molar-refractivity contribution in [3.05, 3.63) is 35.4 Å². The standard InChI is InChI=1S/C17H22F3N3O3/c18-17(19,20)13-4-1-3-12(9-13)11-23-7-6-22-16(26)14(23)10-15(25)21-5-2-8-24/h1,3-4,9,14,24H,2,5-8,10-11H2,(H,21,25)(H,22,26). The molecular weight excluding hydrogens is 351 g/mol. The lowest BCUT2D eigenvalue weighted by molar-refractivity contribution is -0.137. The molecule has 144 valence electrons. The first-order chi connectivity index (χ1) is 12.3. The number of aliphatic hydroxyl groups is 1. The molecule has 26 heavy (non-hydrogen) atoms. The SMILES string of the molecule is O=C(CC1C(=O)NCCN1Cc1cccc(C(F)(F)F)c1)NCCCO. The average molecular weight is 373 g/mol. The van der Waals surface area contributed by atoms with Crippen LogP contribution < -0.4 is 10.6 Å². The van der Waals surface area contributed by atoms with Gasteiger partial charge in [0.1, 0.15) is 0 Å². The number of piperazine rings is 1. The summed E-state index contributed by atoms with van der Waals surface area (Å²) in [6.45, 7) is 1.21. The molecule has 2 rings (SSSR count). The van der Waals surface area contributed by atoms with Crippen molar-refractivity contribution >= 4 is 11.8 Å². The van der Waals surface area contributed by atoms with Crippen LogP contribution >= 0.6 is 0 Å². The molecule has 1 saturated heterocycles. The van der Waals surface area contributed by atoms with Crippen LogP contribution in [0.4, 0.5) is 13.2 Å². The highest BCUT2D eigenvalue weighted by atomic mass is 19.4. The van der Waals surface area contributed by atoms with E-state index in [0.717, 1.165) is 12.1 Å². The molecule has 1 aromatic rings. The molecule has 2 amide bonds. The van der Waals surface area contributed by atoms with Gasteiger partial charge in [-0.1, -0.05) is 18.2 Å². The molecule has 0 aliphatic carbocycles. The molecule has 1 aromatic carbocycles. The second kappa shape index (κ2) is 9.00. The summed E-state index contributed by atoms with van der Waals surface area (Å²) < 4.78 is 38.6. The second-order valence-corrected chi connectivity index (χ2v) is 6.11. The molecule has 0 spiro atoms. The maximum Gasteiger partial charge on any atom is 0.416 e. The Balaban J connectivity index is 2.05. The Morgan fingerprint density at radius 1 is 1.38 bits per heavy atom. The number of rotatable bonds is 7. The largest absolute Gasteiger partial charge is 0.416 e. The highest BCUT2D eigenvalue weighted by molar-refractivity contribution is 5.88. The van der Waals surface area contributed by atoms with Gasteiger partial charge in [0.05, 0.1) is 18.0 Å². The van der Waals surface area contributed by atoms with Crippen molar-refractivity contribution in [1.29, 1.82) is 0 Å². The lowest BCUT2D eigenvalue weighted by Gasteiger charge is -2.34. The van der Waals surface area contributed by atoms with Crippen LogP contribution in [0.1, 0.15) is 24.0 Å². The van der Waals surface area contributed by atoms with E-state index < -0.39 is 17.8 Å². The molecular formula is C17H22F3N3O3. The monoisotopic (exact) mass is 373 g/mol. The van der Waals surface area contributed by atoms with Gasteiger partial charge in [0.25, 0.3) is 0 Å². The summed E-state index contributed by atoms with van der Waals surface area (Å²) in [6.07, 6.45) is -4.10. The molecule has 9 heteroatoms. The third-order valence-corrected chi connectivity index (χ3v) is 4.12. The van der Waals surface area contributed by atoms with Crippen molar-refractivity contribution < 1.29 is 27.9 Å². The Morgan fingerprint density at radius 2 is 2.15 bits per heavy atom. The Hall–Kier alpha value is -2.13. The molecule has 0 radical (unpaired) electrons. The van der Waals surface area contributed by atoms with Crippen LogP contribution in [0.25, 0.3) is 0 Å². The molecule has 0 aromatic heterocycles. The van der Waals surface area contributed by atoms with Gasteiger partial charge in [0.2, 0.25) is 11.8 Å². The number of alkyl halides is 3. The third-order valence-electron chi connectivity index (χ3n) is 4.12. The quantitative estimate of drug-likeness (QED) is 0.620. The van der Waals surface area contributed by atoms with Gasteiger partial charge < -0.3 is 15.7 Å². The fourth-order valence-corrected chi connectivity index (χ4v) is 2.81. The molecule has 0 saturated carbocycles. The van der Waals surface area contributed by atoms with E-state index in [4.69, 9.17) is 5.11 Å². The van der Waals surface area contributed by atoms with Crippen molar-refractivity contribution in [2.24, 2.45) is 0 Å². The summed E-state index contributed by atoms with van der Waals surface area (Å²) in [5, 5.41) is 14.0. The van der Waals surface area contributed by atoms with E-state index in [0.29, 0.717) is 31.6 Å². The summed E-state index contributed by atoms with van der Waals surface area (Å²) in [5.74, 6) is -0.657. The lowest BCUT2D eigenvalue weighted by Crippen LogP contribution is -2.56. The highest BCUT2D eigenvalue weighted by Gasteiger charge is 2.33. The molecule has 0 bridgehead atoms. The van der Waals surface area contributed by atoms with Crippen LogP contribution in [0.15, 0.2) is 24.3 Å². The van der Waals surface area contributed by atoms with E-state index in [-0.39, 0.29) is 31.4 Å². The van der Waals surface area contributed by atoms with E-state index >= 15 is 0 Å². The number of nitrogens with one attached hydrogen (secondary N) is 2. The van der Waals surface area contributed by atoms with Crippen LogP contribution in [-0.2, 0) is 22.3 Å². The number of amides is 2. The molecule has 1 aliphatic heterocycles. The van der Waals surface area contributed by atoms with Crippen LogP contribution in [0, 0.1) is 0 Å². The van der Waals surface area contributed by atoms with Crippen molar-refractivity contribution in [1.82, 2.24) is 15.5 Å². The molecule has 6 nitrogen and oxygen atoms in total. The van der Waals surface area contributed by atoms with Crippen LogP contribution in [0.3, 0.4) is 0 Å². The molecule has 3 N–H and O–H groups in total. The van der Waals surface area contributed by atoms with Gasteiger partial charge >= 0.3 is 6.18 Å². The van der Waals surface area contributed by atoms with Gasteiger partial charge in [-0.15, -0.1) is 0 Å². The maximum absolute atomic E-state index is 12.9. The van der Waals surface area contributed by atoms with Crippen LogP contribution in [0.2, 0.25) is 0 Å². The predicted molar refractivity (Wildman–Crippen MR) is 88.0 cm³/mol. The Morgan fingerprint density at radius 3 is 2.85 bits per heavy atom. The number of nitrogens with zero attached hydrogens (tertiary/aromatic N) is 1. The Labute approximate surface area is 149 Å². The minimum Gasteiger partial charge on any atom is -0.396 e. The maximum atomic E-state index is 12.9. The zero-order valence-electron chi connectivity index (χ0n) is 14.2. The van der Waals surface area contributed by atoms with Gasteiger partial charge in [0, 0.05) is 32.8 Å². The topological polar surface area (TPSA) is 81.7 Å². The number of aliphatic hydroxyl groups excluding tert-OH is 1. The average Bonchev–Trinajstić information content (AvgIpc) is 2.58. The van der Waals surface area contributed by atoms with Gasteiger partial charge in [-0.3, -0.25) is 14.5 Å². The fourth-order valence-electron chi connectivity index (χ4n) is 2.81. The summed E-state index contributed by atoms with van der Waals surface area (Å²) >= 11 is 0. The van der Waals surface area contributed by atoms with E-state index in [1.807, 2.05) is 0 Å². The molecule has 1 atom stereocenters. The van der Waals surface area contributed by atoms with Gasteiger partial charge in [-0.2, -0.15) is 13.2 Å².